The zero-order chi connectivity index (χ0) is 7.98. The number of carbonyl (C=O) groups is 1. The van der Waals surface area contributed by atoms with Crippen LogP contribution in [0, 0.1) is 0 Å². The lowest BCUT2D eigenvalue weighted by molar-refractivity contribution is -0.122. The average Bonchev–Trinajstić information content (AvgIpc) is 1.98. The zero-order valence-electron chi connectivity index (χ0n) is 6.13. The summed E-state index contributed by atoms with van der Waals surface area (Å²) in [6, 6.07) is -0.364. The molecule has 1 unspecified atom stereocenters. The highest BCUT2D eigenvalue weighted by Crippen LogP contribution is 1.95. The normalized spacial score (nSPS) is 12.7. The van der Waals surface area contributed by atoms with E-state index in [1.807, 2.05) is 0 Å². The van der Waals surface area contributed by atoms with Gasteiger partial charge in [0.25, 0.3) is 0 Å². The van der Waals surface area contributed by atoms with Crippen molar-refractivity contribution in [1.29, 1.82) is 0 Å². The van der Waals surface area contributed by atoms with Crippen LogP contribution in [0.2, 0.25) is 0 Å². The molecule has 4 heteroatoms. The lowest BCUT2D eigenvalue weighted by atomic mass is 10.2. The van der Waals surface area contributed by atoms with Crippen molar-refractivity contribution in [2.45, 2.75) is 18.9 Å². The van der Waals surface area contributed by atoms with Crippen molar-refractivity contribution in [3.05, 3.63) is 0 Å². The predicted molar refractivity (Wildman–Crippen MR) is 45.1 cm³/mol. The predicted octanol–water partition coefficient (Wildman–Crippen LogP) is -0.230. The van der Waals surface area contributed by atoms with Gasteiger partial charge in [-0.25, -0.2) is 0 Å². The van der Waals surface area contributed by atoms with E-state index in [0.29, 0.717) is 6.42 Å². The molecule has 0 heterocycles. The van der Waals surface area contributed by atoms with E-state index in [9.17, 15) is 4.79 Å². The van der Waals surface area contributed by atoms with E-state index in [-0.39, 0.29) is 11.9 Å². The summed E-state index contributed by atoms with van der Waals surface area (Å²) in [5.74, 6) is 0.687. The third kappa shape index (κ3) is 3.74. The standard InChI is InChI=1S/C6H14N2OS/c1-8-6(9)5(7)3-2-4-10/h5,10H,2-4,7H2,1H3,(H,8,9). The maximum atomic E-state index is 10.8. The molecule has 0 aliphatic carbocycles. The molecule has 0 aromatic heterocycles. The molecule has 3 nitrogen and oxygen atoms in total. The maximum absolute atomic E-state index is 10.8. The Kier molecular flexibility index (Phi) is 5.43. The van der Waals surface area contributed by atoms with Crippen LogP contribution >= 0.6 is 12.6 Å². The van der Waals surface area contributed by atoms with Crippen LogP contribution in [-0.2, 0) is 4.79 Å². The van der Waals surface area contributed by atoms with Gasteiger partial charge in [0.1, 0.15) is 0 Å². The Morgan fingerprint density at radius 1 is 1.80 bits per heavy atom. The van der Waals surface area contributed by atoms with Crippen LogP contribution in [0.25, 0.3) is 0 Å². The first-order valence-electron chi connectivity index (χ1n) is 3.30. The van der Waals surface area contributed by atoms with Gasteiger partial charge in [-0.1, -0.05) is 0 Å². The molecule has 0 radical (unpaired) electrons. The fraction of sp³-hybridized carbons (Fsp3) is 0.833. The first-order chi connectivity index (χ1) is 4.72. The molecule has 0 rings (SSSR count). The highest BCUT2D eigenvalue weighted by molar-refractivity contribution is 7.80. The molecule has 0 saturated heterocycles. The summed E-state index contributed by atoms with van der Waals surface area (Å²) < 4.78 is 0. The molecule has 0 aliphatic rings. The second kappa shape index (κ2) is 5.56. The molecule has 0 spiro atoms. The first kappa shape index (κ1) is 9.78. The van der Waals surface area contributed by atoms with Crippen molar-refractivity contribution in [3.63, 3.8) is 0 Å². The zero-order valence-corrected chi connectivity index (χ0v) is 7.03. The van der Waals surface area contributed by atoms with Crippen LogP contribution in [0.1, 0.15) is 12.8 Å². The van der Waals surface area contributed by atoms with Gasteiger partial charge in [0, 0.05) is 7.05 Å². The third-order valence-corrected chi connectivity index (χ3v) is 1.57. The van der Waals surface area contributed by atoms with Crippen molar-refractivity contribution in [1.82, 2.24) is 5.32 Å². The fourth-order valence-electron chi connectivity index (χ4n) is 0.628. The van der Waals surface area contributed by atoms with Crippen molar-refractivity contribution in [3.8, 4) is 0 Å². The van der Waals surface area contributed by atoms with Crippen molar-refractivity contribution in [2.24, 2.45) is 5.73 Å². The van der Waals surface area contributed by atoms with E-state index >= 15 is 0 Å². The first-order valence-corrected chi connectivity index (χ1v) is 3.93. The van der Waals surface area contributed by atoms with Gasteiger partial charge in [0.2, 0.25) is 5.91 Å². The van der Waals surface area contributed by atoms with Gasteiger partial charge in [-0.05, 0) is 18.6 Å². The smallest absolute Gasteiger partial charge is 0.236 e. The van der Waals surface area contributed by atoms with Crippen LogP contribution in [0.5, 0.6) is 0 Å². The van der Waals surface area contributed by atoms with Crippen LogP contribution < -0.4 is 11.1 Å². The van der Waals surface area contributed by atoms with E-state index in [1.165, 1.54) is 0 Å². The van der Waals surface area contributed by atoms with Crippen LogP contribution in [-0.4, -0.2) is 24.7 Å². The Labute approximate surface area is 66.8 Å². The molecule has 0 aromatic carbocycles. The van der Waals surface area contributed by atoms with Gasteiger partial charge in [0.05, 0.1) is 6.04 Å². The van der Waals surface area contributed by atoms with Crippen LogP contribution in [0.3, 0.4) is 0 Å². The summed E-state index contributed by atoms with van der Waals surface area (Å²) in [6.07, 6.45) is 1.60. The number of hydrogen-bond donors (Lipinski definition) is 3. The molecule has 0 aliphatic heterocycles. The van der Waals surface area contributed by atoms with E-state index in [0.717, 1.165) is 12.2 Å². The Balaban J connectivity index is 3.41. The number of likely N-dealkylation sites (N-methyl/N-ethyl adjacent to an activating group) is 1. The van der Waals surface area contributed by atoms with Gasteiger partial charge in [0.15, 0.2) is 0 Å². The maximum Gasteiger partial charge on any atom is 0.236 e. The lowest BCUT2D eigenvalue weighted by Crippen LogP contribution is -2.38. The number of thiol groups is 1. The molecule has 0 fully saturated rings. The highest BCUT2D eigenvalue weighted by Gasteiger charge is 2.09. The van der Waals surface area contributed by atoms with Gasteiger partial charge in [-0.15, -0.1) is 0 Å². The Bertz CT molecular complexity index is 108. The summed E-state index contributed by atoms with van der Waals surface area (Å²) in [5, 5.41) is 2.48. The summed E-state index contributed by atoms with van der Waals surface area (Å²) in [6.45, 7) is 0. The molecule has 10 heavy (non-hydrogen) atoms. The van der Waals surface area contributed by atoms with Crippen LogP contribution in [0.4, 0.5) is 0 Å². The number of amides is 1. The highest BCUT2D eigenvalue weighted by atomic mass is 32.1. The molecule has 60 valence electrons. The average molecular weight is 162 g/mol. The Hall–Kier alpha value is -0.220. The number of rotatable bonds is 4. The minimum absolute atomic E-state index is 0.0956. The molecule has 1 amide bonds. The molecule has 3 N–H and O–H groups in total. The summed E-state index contributed by atoms with van der Waals surface area (Å²) in [4.78, 5) is 10.8. The summed E-state index contributed by atoms with van der Waals surface area (Å²) in [5.41, 5.74) is 5.47. The monoisotopic (exact) mass is 162 g/mol. The number of hydrogen-bond acceptors (Lipinski definition) is 3. The fourth-order valence-corrected chi connectivity index (χ4v) is 0.810. The van der Waals surface area contributed by atoms with Gasteiger partial charge in [-0.3, -0.25) is 4.79 Å². The van der Waals surface area contributed by atoms with E-state index < -0.39 is 0 Å². The van der Waals surface area contributed by atoms with Crippen molar-refractivity contribution in [2.75, 3.05) is 12.8 Å². The van der Waals surface area contributed by atoms with Crippen molar-refractivity contribution < 1.29 is 4.79 Å². The van der Waals surface area contributed by atoms with E-state index in [4.69, 9.17) is 5.73 Å². The lowest BCUT2D eigenvalue weighted by Gasteiger charge is -2.07. The van der Waals surface area contributed by atoms with Crippen LogP contribution in [0.15, 0.2) is 0 Å². The molecule has 0 aromatic rings. The minimum Gasteiger partial charge on any atom is -0.358 e. The number of nitrogens with two attached hydrogens (primary N) is 1. The second-order valence-corrected chi connectivity index (χ2v) is 2.53. The number of carbonyl (C=O) groups excluding carboxylic acids is 1. The Morgan fingerprint density at radius 2 is 2.40 bits per heavy atom. The van der Waals surface area contributed by atoms with E-state index in [1.54, 1.807) is 7.05 Å². The largest absolute Gasteiger partial charge is 0.358 e. The molecular weight excluding hydrogens is 148 g/mol. The van der Waals surface area contributed by atoms with Gasteiger partial charge in [-0.2, -0.15) is 12.6 Å². The molecular formula is C6H14N2OS. The Morgan fingerprint density at radius 3 is 2.80 bits per heavy atom. The molecule has 0 bridgehead atoms. The van der Waals surface area contributed by atoms with Gasteiger partial charge >= 0.3 is 0 Å². The SMILES string of the molecule is CNC(=O)C(N)CCCS. The minimum atomic E-state index is -0.364. The van der Waals surface area contributed by atoms with E-state index in [2.05, 4.69) is 17.9 Å². The molecule has 0 saturated carbocycles. The van der Waals surface area contributed by atoms with Crippen molar-refractivity contribution >= 4 is 18.5 Å². The summed E-state index contributed by atoms with van der Waals surface area (Å²) >= 11 is 4.01. The van der Waals surface area contributed by atoms with Gasteiger partial charge < -0.3 is 11.1 Å². The third-order valence-electron chi connectivity index (χ3n) is 1.26. The molecule has 1 atom stereocenters. The number of nitrogens with one attached hydrogen (secondary N) is 1. The summed E-state index contributed by atoms with van der Waals surface area (Å²) in [7, 11) is 1.59. The topological polar surface area (TPSA) is 55.1 Å². The second-order valence-electron chi connectivity index (χ2n) is 2.09. The quantitative estimate of drug-likeness (QED) is 0.500.